The van der Waals surface area contributed by atoms with Gasteiger partial charge in [-0.15, -0.1) is 0 Å². The number of carbonyl (C=O) groups excluding carboxylic acids is 12. The summed E-state index contributed by atoms with van der Waals surface area (Å²) in [6.07, 6.45) is 0. The predicted octanol–water partition coefficient (Wildman–Crippen LogP) is -9.12. The molecule has 0 atom stereocenters. The third-order valence-electron chi connectivity index (χ3n) is 13.6. The van der Waals surface area contributed by atoms with E-state index in [-0.39, 0.29) is 401 Å². The van der Waals surface area contributed by atoms with Crippen LogP contribution in [0, 0.1) is 0 Å². The fraction of sp³-hybridized carbons (Fsp3) is 0.833. The van der Waals surface area contributed by atoms with Crippen LogP contribution in [0.1, 0.15) is 6.92 Å². The van der Waals surface area contributed by atoms with Gasteiger partial charge in [-0.2, -0.15) is 0 Å². The van der Waals surface area contributed by atoms with E-state index in [9.17, 15) is 57.5 Å². The minimum Gasteiger partial charge on any atom is -0.382 e. The van der Waals surface area contributed by atoms with E-state index in [1.54, 1.807) is 7.11 Å². The number of hydrogen-bond acceptors (Lipinski definition) is 36. The van der Waals surface area contributed by atoms with E-state index in [0.717, 1.165) is 0 Å². The van der Waals surface area contributed by atoms with Crippen molar-refractivity contribution < 1.29 is 171 Å². The van der Waals surface area contributed by atoms with E-state index in [1.807, 2.05) is 0 Å². The molecule has 0 aromatic rings. The number of rotatable bonds is 93. The van der Waals surface area contributed by atoms with Crippen molar-refractivity contribution in [2.24, 2.45) is 0 Å². The minimum atomic E-state index is -0.345. The van der Waals surface area contributed by atoms with Crippen LogP contribution in [0.25, 0.3) is 0 Å². The van der Waals surface area contributed by atoms with Crippen molar-refractivity contribution in [2.45, 2.75) is 6.92 Å². The number of hydrogen-bond donors (Lipinski definition) is 11. The second-order valence-corrected chi connectivity index (χ2v) is 23.9. The minimum absolute atomic E-state index is 0.0469. The summed E-state index contributed by atoms with van der Waals surface area (Å²) in [7, 11) is 1.55. The number of ketones is 1. The maximum atomic E-state index is 12.0. The molecule has 692 valence electrons. The molecule has 11 amide bonds. The van der Waals surface area contributed by atoms with Gasteiger partial charge in [0, 0.05) is 79.1 Å². The molecule has 0 aliphatic carbocycles. The molecule has 0 aliphatic rings. The fourth-order valence-corrected chi connectivity index (χ4v) is 8.04. The molecule has 0 saturated carbocycles. The second kappa shape index (κ2) is 90.1. The van der Waals surface area contributed by atoms with Gasteiger partial charge in [-0.3, -0.25) is 57.5 Å². The third-order valence-corrected chi connectivity index (χ3v) is 13.6. The van der Waals surface area contributed by atoms with E-state index < -0.39 is 0 Å². The molecular formula is C72H133N11O36. The number of Topliss-reactive ketones (excluding diaryl/α,β-unsaturated/α-hetero) is 1. The number of nitrogens with one attached hydrogen (secondary N) is 11. The Balaban J connectivity index is 3.44. The first-order valence-corrected chi connectivity index (χ1v) is 39.3. The summed E-state index contributed by atoms with van der Waals surface area (Å²) in [5, 5.41) is 29.2. The molecule has 0 fully saturated rings. The van der Waals surface area contributed by atoms with Crippen LogP contribution in [0.15, 0.2) is 0 Å². The lowest BCUT2D eigenvalue weighted by atomic mass is 10.5. The first-order valence-electron chi connectivity index (χ1n) is 39.3. The van der Waals surface area contributed by atoms with Crippen molar-refractivity contribution in [1.29, 1.82) is 0 Å². The van der Waals surface area contributed by atoms with Crippen molar-refractivity contribution in [2.75, 3.05) is 390 Å². The average Bonchev–Trinajstić information content (AvgIpc) is 2.19. The van der Waals surface area contributed by atoms with Crippen molar-refractivity contribution in [3.63, 3.8) is 0 Å². The Kier molecular flexibility index (Phi) is 84.7. The molecule has 47 heteroatoms. The van der Waals surface area contributed by atoms with Crippen LogP contribution < -0.4 is 58.5 Å². The summed E-state index contributed by atoms with van der Waals surface area (Å²) in [4.78, 5) is 142. The van der Waals surface area contributed by atoms with Gasteiger partial charge in [0.1, 0.15) is 79.3 Å². The van der Waals surface area contributed by atoms with Crippen molar-refractivity contribution in [3.8, 4) is 0 Å². The van der Waals surface area contributed by atoms with Gasteiger partial charge in [0.2, 0.25) is 65.0 Å². The molecular weight excluding hydrogens is 1590 g/mol. The number of ether oxygens (including phenoxy) is 24. The summed E-state index contributed by atoms with van der Waals surface area (Å²) in [6.45, 7) is 10.4. The van der Waals surface area contributed by atoms with Gasteiger partial charge in [0.15, 0.2) is 5.78 Å². The molecule has 0 unspecified atom stereocenters. The van der Waals surface area contributed by atoms with Crippen LogP contribution in [-0.2, 0) is 171 Å². The highest BCUT2D eigenvalue weighted by atomic mass is 16.6. The van der Waals surface area contributed by atoms with Crippen LogP contribution in [0.3, 0.4) is 0 Å². The van der Waals surface area contributed by atoms with E-state index in [2.05, 4.69) is 58.5 Å². The number of amides is 11. The van der Waals surface area contributed by atoms with Gasteiger partial charge in [0.25, 0.3) is 0 Å². The first-order chi connectivity index (χ1) is 58.1. The smallest absolute Gasteiger partial charge is 0.246 e. The zero-order valence-corrected chi connectivity index (χ0v) is 69.2. The number of methoxy groups -OCH3 is 1. The standard InChI is InChI=1S/C72H133N11O36/c1-61(84)49-108-38-27-97-14-3-74-63(86)51-110-40-29-99-16-5-76-65(88)53-112-42-31-101-18-7-78-67(90)55-114-44-33-103-20-9-80-69(92)57-116-46-35-105-22-11-82-71(94)59-118-48-37-107-24-13-83-72(95)60-119-47-36-106-23-12-81-70(93)58-117-45-34-104-21-10-79-68(91)56-115-43-32-102-19-8-77-66(89)54-113-41-30-100-17-6-75-64(87)52-111-39-28-98-15-4-73-62(85)50-109-26-25-96-2/h3-60H2,1-2H3,(H,73,85)(H,74,86)(H,75,87)(H,76,88)(H,77,89)(H,78,90)(H,79,91)(H,80,92)(H,81,93)(H,82,94)(H,83,95). The molecule has 0 aromatic heterocycles. The summed E-state index contributed by atoms with van der Waals surface area (Å²) in [5.41, 5.74) is 0. The van der Waals surface area contributed by atoms with Crippen LogP contribution in [-0.4, -0.2) is 460 Å². The lowest BCUT2D eigenvalue weighted by molar-refractivity contribution is -0.128. The highest BCUT2D eigenvalue weighted by Gasteiger charge is 2.11. The Morgan fingerprint density at radius 2 is 0.244 bits per heavy atom. The van der Waals surface area contributed by atoms with Gasteiger partial charge in [-0.05, 0) is 6.92 Å². The first kappa shape index (κ1) is 112. The van der Waals surface area contributed by atoms with Gasteiger partial charge in [-0.25, -0.2) is 0 Å². The molecule has 0 spiro atoms. The second-order valence-electron chi connectivity index (χ2n) is 23.9. The van der Waals surface area contributed by atoms with Gasteiger partial charge in [0.05, 0.1) is 231 Å². The maximum Gasteiger partial charge on any atom is 0.246 e. The summed E-state index contributed by atoms with van der Waals surface area (Å²) in [6, 6.07) is 0. The molecule has 0 aliphatic heterocycles. The Morgan fingerprint density at radius 1 is 0.143 bits per heavy atom. The molecule has 0 radical (unpaired) electrons. The van der Waals surface area contributed by atoms with Crippen LogP contribution in [0.4, 0.5) is 0 Å². The van der Waals surface area contributed by atoms with Gasteiger partial charge < -0.3 is 172 Å². The largest absolute Gasteiger partial charge is 0.382 e. The average molecular weight is 1730 g/mol. The molecule has 11 N–H and O–H groups in total. The lowest BCUT2D eigenvalue weighted by Gasteiger charge is -2.10. The molecule has 119 heavy (non-hydrogen) atoms. The van der Waals surface area contributed by atoms with Gasteiger partial charge >= 0.3 is 0 Å². The Labute approximate surface area is 694 Å². The molecule has 0 heterocycles. The third kappa shape index (κ3) is 91.5. The highest BCUT2D eigenvalue weighted by Crippen LogP contribution is 1.92. The zero-order chi connectivity index (χ0) is 86.7. The SMILES string of the molecule is COCCOCC(=O)NCCOCCOCC(=O)NCCOCCOCC(=O)NCCOCCOCC(=O)NCCOCCOCC(=O)NCCOCCOCC(=O)NCCOCCOCC(=O)NCCOCCOCC(=O)NCCOCCOCC(=O)NCCOCCOCC(=O)NCCOCCOCC(=O)NCCOCCOCC(C)=O. The van der Waals surface area contributed by atoms with Crippen molar-refractivity contribution in [3.05, 3.63) is 0 Å². The molecule has 0 bridgehead atoms. The topological polar surface area (TPSA) is 559 Å². The highest BCUT2D eigenvalue weighted by molar-refractivity contribution is 5.81. The predicted molar refractivity (Wildman–Crippen MR) is 415 cm³/mol. The molecule has 47 nitrogen and oxygen atoms in total. The van der Waals surface area contributed by atoms with E-state index in [1.165, 1.54) is 6.92 Å². The van der Waals surface area contributed by atoms with Crippen LogP contribution in [0.5, 0.6) is 0 Å². The summed E-state index contributed by atoms with van der Waals surface area (Å²) in [5.74, 6) is -3.63. The fourth-order valence-electron chi connectivity index (χ4n) is 8.04. The lowest BCUT2D eigenvalue weighted by Crippen LogP contribution is -2.33. The molecule has 0 saturated heterocycles. The Hall–Kier alpha value is -7.12. The quantitative estimate of drug-likeness (QED) is 0.0252. The van der Waals surface area contributed by atoms with Crippen LogP contribution in [0.2, 0.25) is 0 Å². The summed E-state index contributed by atoms with van der Waals surface area (Å²) >= 11 is 0. The van der Waals surface area contributed by atoms with E-state index in [4.69, 9.17) is 114 Å². The van der Waals surface area contributed by atoms with E-state index >= 15 is 0 Å². The normalized spacial score (nSPS) is 11.1. The molecule has 0 rings (SSSR count). The monoisotopic (exact) mass is 1730 g/mol. The molecule has 0 aromatic carbocycles. The Bertz CT molecular complexity index is 2490. The summed E-state index contributed by atoms with van der Waals surface area (Å²) < 4.78 is 127. The van der Waals surface area contributed by atoms with Crippen molar-refractivity contribution >= 4 is 70.8 Å². The van der Waals surface area contributed by atoms with E-state index in [0.29, 0.717) is 52.7 Å². The van der Waals surface area contributed by atoms with Crippen molar-refractivity contribution in [1.82, 2.24) is 58.5 Å². The number of carbonyl (C=O) groups is 12. The maximum absolute atomic E-state index is 12.0. The Morgan fingerprint density at radius 3 is 0.353 bits per heavy atom. The van der Waals surface area contributed by atoms with Gasteiger partial charge in [-0.1, -0.05) is 0 Å². The van der Waals surface area contributed by atoms with Crippen LogP contribution >= 0.6 is 0 Å². The zero-order valence-electron chi connectivity index (χ0n) is 69.2.